The summed E-state index contributed by atoms with van der Waals surface area (Å²) in [6, 6.07) is 32.5. The van der Waals surface area contributed by atoms with Crippen molar-refractivity contribution >= 4 is 22.7 Å². The van der Waals surface area contributed by atoms with E-state index in [0.717, 1.165) is 75.1 Å². The number of piperidine rings is 1. The molecule has 1 unspecified atom stereocenters. The first-order valence-corrected chi connectivity index (χ1v) is 16.2. The average molecular weight is 601 g/mol. The van der Waals surface area contributed by atoms with Crippen molar-refractivity contribution in [2.24, 2.45) is 11.3 Å². The lowest BCUT2D eigenvalue weighted by atomic mass is 9.77. The number of fused-ring (bicyclic) bond motifs is 1. The molecule has 0 radical (unpaired) electrons. The molecule has 0 spiro atoms. The number of benzene rings is 3. The molecule has 3 aromatic carbocycles. The molecular weight excluding hydrogens is 560 g/mol. The standard InChI is InChI=1S/C38H40N4O3/c43-35(36-39-33-15-7-8-16-34(33)42(36)28-32-14-9-25-45-32)31-17-21-40(22-18-31)23-19-38(26-29-10-3-1-4-11-29)20-24-41(37(38)44)27-30-12-5-2-6-13-30/h1-16,25,31H,17-24,26-28H2. The first-order valence-electron chi connectivity index (χ1n) is 16.2. The van der Waals surface area contributed by atoms with Gasteiger partial charge in [0.05, 0.1) is 29.3 Å². The van der Waals surface area contributed by atoms with E-state index >= 15 is 0 Å². The molecule has 1 atom stereocenters. The van der Waals surface area contributed by atoms with Gasteiger partial charge in [0.2, 0.25) is 11.7 Å². The van der Waals surface area contributed by atoms with Crippen LogP contribution >= 0.6 is 0 Å². The summed E-state index contributed by atoms with van der Waals surface area (Å²) in [5.74, 6) is 1.63. The third-order valence-corrected chi connectivity index (χ3v) is 9.84. The number of carbonyl (C=O) groups excluding carboxylic acids is 2. The Morgan fingerprint density at radius 3 is 2.27 bits per heavy atom. The summed E-state index contributed by atoms with van der Waals surface area (Å²) in [6.07, 6.45) is 5.71. The van der Waals surface area contributed by atoms with Crippen LogP contribution in [0, 0.1) is 11.3 Å². The van der Waals surface area contributed by atoms with Crippen molar-refractivity contribution in [3.8, 4) is 0 Å². The van der Waals surface area contributed by atoms with Crippen LogP contribution in [0.1, 0.15) is 53.2 Å². The molecule has 4 heterocycles. The van der Waals surface area contributed by atoms with E-state index in [2.05, 4.69) is 46.2 Å². The highest BCUT2D eigenvalue weighted by atomic mass is 16.3. The molecule has 5 aromatic rings. The zero-order chi connectivity index (χ0) is 30.6. The van der Waals surface area contributed by atoms with Gasteiger partial charge in [0.1, 0.15) is 5.76 Å². The van der Waals surface area contributed by atoms with Crippen molar-refractivity contribution in [3.63, 3.8) is 0 Å². The van der Waals surface area contributed by atoms with Gasteiger partial charge in [0, 0.05) is 19.0 Å². The first kappa shape index (κ1) is 29.2. The van der Waals surface area contributed by atoms with Crippen LogP contribution in [0.5, 0.6) is 0 Å². The van der Waals surface area contributed by atoms with E-state index in [1.54, 1.807) is 6.26 Å². The zero-order valence-corrected chi connectivity index (χ0v) is 25.7. The Labute approximate surface area is 264 Å². The Balaban J connectivity index is 1.02. The maximum Gasteiger partial charge on any atom is 0.229 e. The van der Waals surface area contributed by atoms with Crippen molar-refractivity contribution in [1.29, 1.82) is 0 Å². The molecule has 45 heavy (non-hydrogen) atoms. The van der Waals surface area contributed by atoms with Crippen LogP contribution in [0.4, 0.5) is 0 Å². The molecule has 0 bridgehead atoms. The lowest BCUT2D eigenvalue weighted by Gasteiger charge is -2.35. The minimum absolute atomic E-state index is 0.0684. The Morgan fingerprint density at radius 2 is 1.53 bits per heavy atom. The van der Waals surface area contributed by atoms with Gasteiger partial charge in [-0.3, -0.25) is 9.59 Å². The van der Waals surface area contributed by atoms with E-state index in [0.29, 0.717) is 18.9 Å². The fourth-order valence-electron chi connectivity index (χ4n) is 7.27. The van der Waals surface area contributed by atoms with Crippen molar-refractivity contribution in [2.45, 2.75) is 45.2 Å². The van der Waals surface area contributed by atoms with E-state index < -0.39 is 5.41 Å². The van der Waals surface area contributed by atoms with Gasteiger partial charge in [-0.25, -0.2) is 4.98 Å². The van der Waals surface area contributed by atoms with E-state index in [1.165, 1.54) is 11.1 Å². The van der Waals surface area contributed by atoms with Gasteiger partial charge in [-0.05, 0) is 87.1 Å². The number of ketones is 1. The number of amides is 1. The minimum atomic E-state index is -0.403. The molecule has 2 aliphatic heterocycles. The summed E-state index contributed by atoms with van der Waals surface area (Å²) in [6.45, 7) is 4.47. The highest BCUT2D eigenvalue weighted by molar-refractivity contribution is 5.98. The molecule has 2 saturated heterocycles. The Hall–Kier alpha value is -4.49. The van der Waals surface area contributed by atoms with Crippen molar-refractivity contribution in [3.05, 3.63) is 126 Å². The summed E-state index contributed by atoms with van der Waals surface area (Å²) >= 11 is 0. The lowest BCUT2D eigenvalue weighted by molar-refractivity contribution is -0.137. The van der Waals surface area contributed by atoms with Gasteiger partial charge in [0.25, 0.3) is 0 Å². The molecule has 230 valence electrons. The van der Waals surface area contributed by atoms with Gasteiger partial charge in [-0.2, -0.15) is 0 Å². The summed E-state index contributed by atoms with van der Waals surface area (Å²) in [4.78, 5) is 37.3. The van der Waals surface area contributed by atoms with E-state index in [4.69, 9.17) is 9.40 Å². The number of carbonyl (C=O) groups is 2. The number of Topliss-reactive ketones (excluding diaryl/α,β-unsaturated/α-hetero) is 1. The fraction of sp³-hybridized carbons (Fsp3) is 0.342. The average Bonchev–Trinajstić information content (AvgIpc) is 3.81. The molecule has 2 aliphatic rings. The second-order valence-corrected chi connectivity index (χ2v) is 12.7. The van der Waals surface area contributed by atoms with Gasteiger partial charge in [-0.1, -0.05) is 72.8 Å². The highest BCUT2D eigenvalue weighted by Crippen LogP contribution is 2.40. The van der Waals surface area contributed by atoms with Crippen molar-refractivity contribution in [2.75, 3.05) is 26.2 Å². The summed E-state index contributed by atoms with van der Waals surface area (Å²) in [5.41, 5.74) is 3.76. The minimum Gasteiger partial charge on any atom is -0.467 e. The van der Waals surface area contributed by atoms with Crippen LogP contribution in [0.2, 0.25) is 0 Å². The monoisotopic (exact) mass is 600 g/mol. The number of rotatable bonds is 11. The van der Waals surface area contributed by atoms with Gasteiger partial charge in [0.15, 0.2) is 5.82 Å². The molecule has 7 rings (SSSR count). The maximum atomic E-state index is 14.1. The molecule has 7 heteroatoms. The second-order valence-electron chi connectivity index (χ2n) is 12.7. The number of nitrogens with zero attached hydrogens (tertiary/aromatic N) is 4. The number of likely N-dealkylation sites (tertiary alicyclic amines) is 2. The number of furan rings is 1. The Kier molecular flexibility index (Phi) is 8.35. The van der Waals surface area contributed by atoms with E-state index in [1.807, 2.05) is 65.2 Å². The smallest absolute Gasteiger partial charge is 0.229 e. The highest BCUT2D eigenvalue weighted by Gasteiger charge is 2.46. The van der Waals surface area contributed by atoms with Crippen LogP contribution in [0.3, 0.4) is 0 Å². The molecule has 1 amide bonds. The van der Waals surface area contributed by atoms with Crippen LogP contribution < -0.4 is 0 Å². The van der Waals surface area contributed by atoms with Crippen molar-refractivity contribution in [1.82, 2.24) is 19.4 Å². The number of aromatic nitrogens is 2. The SMILES string of the molecule is O=C(c1nc2ccccc2n1Cc1ccco1)C1CCN(CCC2(Cc3ccccc3)CCN(Cc3ccccc3)C2=O)CC1. The van der Waals surface area contributed by atoms with Crippen molar-refractivity contribution < 1.29 is 14.0 Å². The summed E-state index contributed by atoms with van der Waals surface area (Å²) in [7, 11) is 0. The summed E-state index contributed by atoms with van der Waals surface area (Å²) in [5, 5.41) is 0. The topological polar surface area (TPSA) is 71.6 Å². The maximum absolute atomic E-state index is 14.1. The number of hydrogen-bond donors (Lipinski definition) is 0. The van der Waals surface area contributed by atoms with Crippen LogP contribution in [0.15, 0.2) is 108 Å². The van der Waals surface area contributed by atoms with Gasteiger partial charge >= 0.3 is 0 Å². The molecule has 2 fully saturated rings. The normalized spacial score (nSPS) is 19.5. The third-order valence-electron chi connectivity index (χ3n) is 9.84. The Bertz CT molecular complexity index is 1740. The molecule has 0 aliphatic carbocycles. The largest absolute Gasteiger partial charge is 0.467 e. The van der Waals surface area contributed by atoms with E-state index in [9.17, 15) is 9.59 Å². The number of imidazole rings is 1. The van der Waals surface area contributed by atoms with E-state index in [-0.39, 0.29) is 17.6 Å². The van der Waals surface area contributed by atoms with Crippen LogP contribution in [0.25, 0.3) is 11.0 Å². The quantitative estimate of drug-likeness (QED) is 0.159. The molecule has 7 nitrogen and oxygen atoms in total. The number of para-hydroxylation sites is 2. The fourth-order valence-corrected chi connectivity index (χ4v) is 7.27. The molecule has 0 saturated carbocycles. The van der Waals surface area contributed by atoms with Gasteiger partial charge in [-0.15, -0.1) is 0 Å². The van der Waals surface area contributed by atoms with Crippen LogP contribution in [-0.4, -0.2) is 57.2 Å². The predicted molar refractivity (Wildman–Crippen MR) is 175 cm³/mol. The predicted octanol–water partition coefficient (Wildman–Crippen LogP) is 6.62. The van der Waals surface area contributed by atoms with Crippen LogP contribution in [-0.2, 0) is 24.3 Å². The molecule has 0 N–H and O–H groups in total. The van der Waals surface area contributed by atoms with Gasteiger partial charge < -0.3 is 18.8 Å². The second kappa shape index (κ2) is 12.9. The molecule has 2 aromatic heterocycles. The number of hydrogen-bond acceptors (Lipinski definition) is 5. The lowest BCUT2D eigenvalue weighted by Crippen LogP contribution is -2.42. The Morgan fingerprint density at radius 1 is 0.822 bits per heavy atom. The third kappa shape index (κ3) is 6.22. The first-order chi connectivity index (χ1) is 22.1. The summed E-state index contributed by atoms with van der Waals surface area (Å²) < 4.78 is 7.62. The zero-order valence-electron chi connectivity index (χ0n) is 25.7. The molecular formula is C38H40N4O3.